The van der Waals surface area contributed by atoms with E-state index < -0.39 is 14.8 Å². The summed E-state index contributed by atoms with van der Waals surface area (Å²) in [6, 6.07) is 0. The zero-order valence-electron chi connectivity index (χ0n) is 3.22. The van der Waals surface area contributed by atoms with E-state index in [1.165, 1.54) is 0 Å². The third kappa shape index (κ3) is 146. The molecule has 0 unspecified atom stereocenters. The van der Waals surface area contributed by atoms with Crippen molar-refractivity contribution < 1.29 is 53.8 Å². The van der Waals surface area contributed by atoms with Gasteiger partial charge in [-0.15, -0.1) is 0 Å². The van der Waals surface area contributed by atoms with Crippen LogP contribution in [0.15, 0.2) is 0 Å². The van der Waals surface area contributed by atoms with Crippen LogP contribution < -0.4 is 0 Å². The van der Waals surface area contributed by atoms with Crippen molar-refractivity contribution in [3.63, 3.8) is 0 Å². The van der Waals surface area contributed by atoms with Crippen molar-refractivity contribution in [1.29, 1.82) is 0 Å². The van der Waals surface area contributed by atoms with E-state index in [0.717, 1.165) is 0 Å². The Kier molecular flexibility index (Phi) is 132. The fourth-order valence-corrected chi connectivity index (χ4v) is 0. The molecule has 0 aliphatic carbocycles. The molecule has 0 radical (unpaired) electrons. The second kappa shape index (κ2) is 58.9. The summed E-state index contributed by atoms with van der Waals surface area (Å²) in [5.74, 6) is 0. The second-order valence-corrected chi connectivity index (χ2v) is 0.260. The van der Waals surface area contributed by atoms with Crippen molar-refractivity contribution in [3.05, 3.63) is 0 Å². The van der Waals surface area contributed by atoms with Gasteiger partial charge in [0.25, 0.3) is 0 Å². The molecule has 0 N–H and O–H groups in total. The molecule has 0 aromatic rings. The maximum atomic E-state index is 8.41. The first kappa shape index (κ1) is 15.7. The van der Waals surface area contributed by atoms with E-state index >= 15 is 0 Å². The first-order chi connectivity index (χ1) is 3.41. The minimum absolute atomic E-state index is 0.300. The van der Waals surface area contributed by atoms with Crippen molar-refractivity contribution in [3.8, 4) is 0 Å². The van der Waals surface area contributed by atoms with Gasteiger partial charge in [0.05, 0.1) is 0 Å². The molecule has 0 fully saturated rings. The molecule has 0 aromatic heterocycles. The van der Waals surface area contributed by atoms with E-state index in [4.69, 9.17) is 14.3 Å². The van der Waals surface area contributed by atoms with E-state index in [-0.39, 0.29) is 0 Å². The summed E-state index contributed by atoms with van der Waals surface area (Å²) in [5, 5.41) is 0. The van der Waals surface area contributed by atoms with Gasteiger partial charge in [-0.1, -0.05) is 0 Å². The van der Waals surface area contributed by atoms with Gasteiger partial charge in [-0.05, 0) is 0 Å². The van der Waals surface area contributed by atoms with Crippen molar-refractivity contribution in [2.75, 3.05) is 0 Å². The summed E-state index contributed by atoms with van der Waals surface area (Å²) in [4.78, 5) is 0. The summed E-state index contributed by atoms with van der Waals surface area (Å²) >= 11 is -0.526. The fourth-order valence-electron chi connectivity index (χ4n) is 0. The summed E-state index contributed by atoms with van der Waals surface area (Å²) in [6.45, 7) is 0. The van der Waals surface area contributed by atoms with Crippen LogP contribution in [0.4, 0.5) is 0 Å². The Labute approximate surface area is 69.5 Å². The molecule has 39 valence electrons. The van der Waals surface area contributed by atoms with E-state index in [1.54, 1.807) is 0 Å². The van der Waals surface area contributed by atoms with Gasteiger partial charge in [0.1, 0.15) is 0 Å². The standard InChI is InChI=1S/Al.Mn.4O.Zr.H. The number of hydrogen-bond donors (Lipinski definition) is 0. The molecule has 0 bridgehead atoms. The predicted octanol–water partition coefficient (Wildman–Crippen LogP) is -1.13. The third-order valence-corrected chi connectivity index (χ3v) is 0. The van der Waals surface area contributed by atoms with Crippen LogP contribution in [0.25, 0.3) is 0 Å². The molecule has 0 saturated heterocycles. The Morgan fingerprint density at radius 3 is 1.14 bits per heavy atom. The Bertz CT molecular complexity index is 47.7. The zero-order chi connectivity index (χ0) is 6.71. The molecular formula is HAlMnO4Zr. The Morgan fingerprint density at radius 2 is 1.14 bits per heavy atom. The Hall–Kier alpha value is 1.14. The molecule has 0 atom stereocenters. The molecule has 0 saturated carbocycles. The summed E-state index contributed by atoms with van der Waals surface area (Å²) in [5.41, 5.74) is 0. The number of hydrogen-bond acceptors (Lipinski definition) is 4. The van der Waals surface area contributed by atoms with Gasteiger partial charge in [-0.2, -0.15) is 0 Å². The normalized spacial score (nSPS) is 2.57. The van der Waals surface area contributed by atoms with Crippen LogP contribution in [0, 0.1) is 0 Å². The van der Waals surface area contributed by atoms with Crippen LogP contribution >= 0.6 is 0 Å². The van der Waals surface area contributed by atoms with Gasteiger partial charge >= 0.3 is 70.1 Å². The van der Waals surface area contributed by atoms with E-state index in [0.29, 0.717) is 40.9 Å². The Balaban J connectivity index is -0.0000000360. The SMILES string of the molecule is [O]=[AlH].[O]=[Mn]=[O].[O]=[Zr]. The van der Waals surface area contributed by atoms with E-state index in [2.05, 4.69) is 0 Å². The van der Waals surface area contributed by atoms with Crippen LogP contribution in [0.1, 0.15) is 0 Å². The average Bonchev–Trinajstić information content (AvgIpc) is 1.78. The molecule has 0 aliphatic heterocycles. The van der Waals surface area contributed by atoms with Crippen molar-refractivity contribution in [1.82, 2.24) is 0 Å². The quantitative estimate of drug-likeness (QED) is 0.501. The van der Waals surface area contributed by atoms with Crippen LogP contribution in [0.3, 0.4) is 0 Å². The molecule has 0 heterocycles. The van der Waals surface area contributed by atoms with Crippen LogP contribution in [-0.4, -0.2) is 16.2 Å². The summed E-state index contributed by atoms with van der Waals surface area (Å²) in [6.07, 6.45) is 0. The molecule has 4 nitrogen and oxygen atoms in total. The predicted molar refractivity (Wildman–Crippen MR) is 9.89 cm³/mol. The zero-order valence-corrected chi connectivity index (χ0v) is 8.27. The monoisotopic (exact) mass is 237 g/mol. The van der Waals surface area contributed by atoms with Crippen LogP contribution in [0.2, 0.25) is 0 Å². The molecule has 0 spiro atoms. The molecule has 0 aromatic carbocycles. The first-order valence-electron chi connectivity index (χ1n) is 0.801. The van der Waals surface area contributed by atoms with Gasteiger partial charge in [0.2, 0.25) is 0 Å². The minimum atomic E-state index is -1.44. The summed E-state index contributed by atoms with van der Waals surface area (Å²) in [7, 11) is 0. The molecular weight excluding hydrogens is 237 g/mol. The maximum absolute atomic E-state index is 8.41. The fraction of sp³-hybridized carbons (Fsp3) is 0. The van der Waals surface area contributed by atoms with Gasteiger partial charge in [0, 0.05) is 0 Å². The Morgan fingerprint density at radius 1 is 1.14 bits per heavy atom. The van der Waals surface area contributed by atoms with E-state index in [1.807, 2.05) is 0 Å². The molecule has 7 heavy (non-hydrogen) atoms. The van der Waals surface area contributed by atoms with Gasteiger partial charge < -0.3 is 0 Å². The number of rotatable bonds is 0. The topological polar surface area (TPSA) is 68.3 Å². The van der Waals surface area contributed by atoms with Gasteiger partial charge in [0.15, 0.2) is 0 Å². The molecule has 0 aliphatic rings. The average molecular weight is 238 g/mol. The summed E-state index contributed by atoms with van der Waals surface area (Å²) < 4.78 is 33.4. The van der Waals surface area contributed by atoms with Crippen LogP contribution in [-0.2, 0) is 53.8 Å². The van der Waals surface area contributed by atoms with Gasteiger partial charge in [-0.3, -0.25) is 0 Å². The molecule has 0 rings (SSSR count). The molecule has 7 heteroatoms. The van der Waals surface area contributed by atoms with E-state index in [9.17, 15) is 0 Å². The third-order valence-electron chi connectivity index (χ3n) is 0. The van der Waals surface area contributed by atoms with Gasteiger partial charge in [-0.25, -0.2) is 0 Å². The second-order valence-electron chi connectivity index (χ2n) is 0.0630. The molecule has 0 amide bonds. The van der Waals surface area contributed by atoms with Crippen LogP contribution in [0.5, 0.6) is 0 Å². The van der Waals surface area contributed by atoms with Crippen molar-refractivity contribution in [2.24, 2.45) is 0 Å². The first-order valence-corrected chi connectivity index (χ1v) is 3.35. The van der Waals surface area contributed by atoms with Crippen molar-refractivity contribution >= 4 is 16.2 Å². The van der Waals surface area contributed by atoms with Crippen molar-refractivity contribution in [2.45, 2.75) is 0 Å².